The summed E-state index contributed by atoms with van der Waals surface area (Å²) in [6.45, 7) is 6.16. The zero-order chi connectivity index (χ0) is 16.1. The molecule has 0 unspecified atom stereocenters. The molecule has 1 N–H and O–H groups in total. The smallest absolute Gasteiger partial charge is 0.261 e. The molecule has 0 radical (unpaired) electrons. The second-order valence-electron chi connectivity index (χ2n) is 5.37. The average molecular weight is 318 g/mol. The molecule has 0 heterocycles. The minimum atomic E-state index is -0.564. The van der Waals surface area contributed by atoms with Crippen LogP contribution < -0.4 is 10.1 Å². The average Bonchev–Trinajstić information content (AvgIpc) is 2.50. The van der Waals surface area contributed by atoms with E-state index in [0.29, 0.717) is 17.3 Å². The van der Waals surface area contributed by atoms with Crippen molar-refractivity contribution in [2.75, 3.05) is 0 Å². The molecule has 22 heavy (non-hydrogen) atoms. The third kappa shape index (κ3) is 4.50. The summed E-state index contributed by atoms with van der Waals surface area (Å²) < 4.78 is 5.65. The molecule has 116 valence electrons. The van der Waals surface area contributed by atoms with Gasteiger partial charge in [-0.25, -0.2) is 0 Å². The number of amides is 1. The van der Waals surface area contributed by atoms with Gasteiger partial charge in [0.2, 0.25) is 0 Å². The maximum absolute atomic E-state index is 12.1. The van der Waals surface area contributed by atoms with E-state index in [4.69, 9.17) is 16.3 Å². The SMILES string of the molecule is Cc1ccc(CNC(=O)[C@H](C)Oc2ccc(Cl)c(C)c2)cc1. The highest BCUT2D eigenvalue weighted by Crippen LogP contribution is 2.21. The molecule has 0 bridgehead atoms. The second-order valence-corrected chi connectivity index (χ2v) is 5.78. The van der Waals surface area contributed by atoms with Crippen LogP contribution in [0.3, 0.4) is 0 Å². The number of ether oxygens (including phenoxy) is 1. The van der Waals surface area contributed by atoms with E-state index in [1.807, 2.05) is 44.2 Å². The molecule has 2 rings (SSSR count). The Kier molecular flexibility index (Phi) is 5.45. The Morgan fingerprint density at radius 2 is 1.86 bits per heavy atom. The summed E-state index contributed by atoms with van der Waals surface area (Å²) in [5, 5.41) is 3.56. The molecule has 0 saturated heterocycles. The van der Waals surface area contributed by atoms with Crippen molar-refractivity contribution in [1.82, 2.24) is 5.32 Å². The van der Waals surface area contributed by atoms with Gasteiger partial charge in [-0.1, -0.05) is 41.4 Å². The van der Waals surface area contributed by atoms with Crippen LogP contribution in [0.4, 0.5) is 0 Å². The lowest BCUT2D eigenvalue weighted by Gasteiger charge is -2.15. The molecule has 0 saturated carbocycles. The van der Waals surface area contributed by atoms with E-state index in [1.165, 1.54) is 5.56 Å². The largest absolute Gasteiger partial charge is 0.481 e. The van der Waals surface area contributed by atoms with E-state index in [1.54, 1.807) is 19.1 Å². The zero-order valence-electron chi connectivity index (χ0n) is 13.0. The van der Waals surface area contributed by atoms with Crippen LogP contribution in [-0.4, -0.2) is 12.0 Å². The minimum absolute atomic E-state index is 0.145. The van der Waals surface area contributed by atoms with Gasteiger partial charge < -0.3 is 10.1 Å². The number of halogens is 1. The highest BCUT2D eigenvalue weighted by atomic mass is 35.5. The molecule has 0 aliphatic heterocycles. The predicted molar refractivity (Wildman–Crippen MR) is 89.3 cm³/mol. The third-order valence-electron chi connectivity index (χ3n) is 3.40. The van der Waals surface area contributed by atoms with Gasteiger partial charge in [0.15, 0.2) is 6.10 Å². The maximum atomic E-state index is 12.1. The first kappa shape index (κ1) is 16.4. The van der Waals surface area contributed by atoms with Crippen molar-refractivity contribution in [3.05, 3.63) is 64.2 Å². The van der Waals surface area contributed by atoms with Crippen LogP contribution in [0.25, 0.3) is 0 Å². The van der Waals surface area contributed by atoms with Crippen molar-refractivity contribution in [2.45, 2.75) is 33.4 Å². The molecular formula is C18H20ClNO2. The lowest BCUT2D eigenvalue weighted by atomic mass is 10.1. The quantitative estimate of drug-likeness (QED) is 0.903. The summed E-state index contributed by atoms with van der Waals surface area (Å²) in [4.78, 5) is 12.1. The number of hydrogen-bond acceptors (Lipinski definition) is 2. The van der Waals surface area contributed by atoms with E-state index < -0.39 is 6.10 Å². The number of benzene rings is 2. The topological polar surface area (TPSA) is 38.3 Å². The lowest BCUT2D eigenvalue weighted by molar-refractivity contribution is -0.127. The fraction of sp³-hybridized carbons (Fsp3) is 0.278. The van der Waals surface area contributed by atoms with Gasteiger partial charge in [0.05, 0.1) is 0 Å². The summed E-state index contributed by atoms with van der Waals surface area (Å²) in [5.41, 5.74) is 3.19. The van der Waals surface area contributed by atoms with E-state index in [-0.39, 0.29) is 5.91 Å². The fourth-order valence-corrected chi connectivity index (χ4v) is 2.10. The van der Waals surface area contributed by atoms with Crippen LogP contribution in [0.2, 0.25) is 5.02 Å². The highest BCUT2D eigenvalue weighted by Gasteiger charge is 2.14. The summed E-state index contributed by atoms with van der Waals surface area (Å²) in [7, 11) is 0. The van der Waals surface area contributed by atoms with Crippen LogP contribution in [0.5, 0.6) is 5.75 Å². The number of carbonyl (C=O) groups excluding carboxylic acids is 1. The Morgan fingerprint density at radius 3 is 2.50 bits per heavy atom. The minimum Gasteiger partial charge on any atom is -0.481 e. The van der Waals surface area contributed by atoms with Crippen LogP contribution in [0.1, 0.15) is 23.6 Å². The van der Waals surface area contributed by atoms with Gasteiger partial charge in [-0.05, 0) is 50.1 Å². The normalized spacial score (nSPS) is 11.8. The second kappa shape index (κ2) is 7.32. The van der Waals surface area contributed by atoms with E-state index >= 15 is 0 Å². The first-order valence-corrected chi connectivity index (χ1v) is 7.59. The van der Waals surface area contributed by atoms with Crippen LogP contribution in [0.15, 0.2) is 42.5 Å². The van der Waals surface area contributed by atoms with Crippen molar-refractivity contribution in [1.29, 1.82) is 0 Å². The van der Waals surface area contributed by atoms with E-state index in [0.717, 1.165) is 11.1 Å². The van der Waals surface area contributed by atoms with Crippen LogP contribution in [-0.2, 0) is 11.3 Å². The Morgan fingerprint density at radius 1 is 1.18 bits per heavy atom. The molecule has 0 aromatic heterocycles. The molecule has 1 atom stereocenters. The van der Waals surface area contributed by atoms with Gasteiger partial charge >= 0.3 is 0 Å². The molecule has 0 fully saturated rings. The van der Waals surface area contributed by atoms with Gasteiger partial charge in [-0.2, -0.15) is 0 Å². The summed E-state index contributed by atoms with van der Waals surface area (Å²) in [5.74, 6) is 0.494. The molecule has 1 amide bonds. The molecule has 0 spiro atoms. The third-order valence-corrected chi connectivity index (χ3v) is 3.82. The predicted octanol–water partition coefficient (Wildman–Crippen LogP) is 4.04. The molecule has 4 heteroatoms. The van der Waals surface area contributed by atoms with Crippen LogP contribution >= 0.6 is 11.6 Å². The van der Waals surface area contributed by atoms with E-state index in [2.05, 4.69) is 5.32 Å². The number of rotatable bonds is 5. The number of carbonyl (C=O) groups is 1. The Balaban J connectivity index is 1.88. The number of nitrogens with one attached hydrogen (secondary N) is 1. The Bertz CT molecular complexity index is 653. The van der Waals surface area contributed by atoms with Gasteiger partial charge in [0.1, 0.15) is 5.75 Å². The summed E-state index contributed by atoms with van der Waals surface area (Å²) >= 11 is 5.97. The Labute approximate surface area is 136 Å². The van der Waals surface area contributed by atoms with Gasteiger partial charge in [0.25, 0.3) is 5.91 Å². The van der Waals surface area contributed by atoms with Crippen molar-refractivity contribution in [3.8, 4) is 5.75 Å². The fourth-order valence-electron chi connectivity index (χ4n) is 1.99. The first-order valence-electron chi connectivity index (χ1n) is 7.22. The molecule has 2 aromatic rings. The maximum Gasteiger partial charge on any atom is 0.261 e. The number of aryl methyl sites for hydroxylation is 2. The first-order chi connectivity index (χ1) is 10.5. The van der Waals surface area contributed by atoms with Crippen LogP contribution in [0, 0.1) is 13.8 Å². The zero-order valence-corrected chi connectivity index (χ0v) is 13.8. The van der Waals surface area contributed by atoms with Gasteiger partial charge in [-0.3, -0.25) is 4.79 Å². The lowest BCUT2D eigenvalue weighted by Crippen LogP contribution is -2.35. The summed E-state index contributed by atoms with van der Waals surface area (Å²) in [6.07, 6.45) is -0.564. The van der Waals surface area contributed by atoms with Gasteiger partial charge in [0, 0.05) is 11.6 Å². The van der Waals surface area contributed by atoms with Crippen molar-refractivity contribution >= 4 is 17.5 Å². The molecule has 2 aromatic carbocycles. The summed E-state index contributed by atoms with van der Waals surface area (Å²) in [6, 6.07) is 13.4. The molecule has 3 nitrogen and oxygen atoms in total. The Hall–Kier alpha value is -2.00. The van der Waals surface area contributed by atoms with Crippen molar-refractivity contribution in [3.63, 3.8) is 0 Å². The van der Waals surface area contributed by atoms with Crippen molar-refractivity contribution in [2.24, 2.45) is 0 Å². The van der Waals surface area contributed by atoms with Crippen molar-refractivity contribution < 1.29 is 9.53 Å². The number of hydrogen-bond donors (Lipinski definition) is 1. The van der Waals surface area contributed by atoms with Gasteiger partial charge in [-0.15, -0.1) is 0 Å². The monoisotopic (exact) mass is 317 g/mol. The standard InChI is InChI=1S/C18H20ClNO2/c1-12-4-6-15(7-5-12)11-20-18(21)14(3)22-16-8-9-17(19)13(2)10-16/h4-10,14H,11H2,1-3H3,(H,20,21)/t14-/m0/s1. The molecule has 0 aliphatic carbocycles. The highest BCUT2D eigenvalue weighted by molar-refractivity contribution is 6.31. The van der Waals surface area contributed by atoms with E-state index in [9.17, 15) is 4.79 Å². The molecule has 0 aliphatic rings. The molecular weight excluding hydrogens is 298 g/mol.